The quantitative estimate of drug-likeness (QED) is 0.549. The van der Waals surface area contributed by atoms with Crippen LogP contribution in [0.5, 0.6) is 0 Å². The maximum Gasteiger partial charge on any atom is 0.152 e. The number of nitrogens with zero attached hydrogens (tertiary/aromatic N) is 2. The second-order valence-electron chi connectivity index (χ2n) is 3.12. The summed E-state index contributed by atoms with van der Waals surface area (Å²) in [6.45, 7) is 5.78. The summed E-state index contributed by atoms with van der Waals surface area (Å²) in [7, 11) is 0. The van der Waals surface area contributed by atoms with E-state index in [0.717, 1.165) is 18.8 Å². The van der Waals surface area contributed by atoms with Crippen LogP contribution >= 0.6 is 0 Å². The van der Waals surface area contributed by atoms with Gasteiger partial charge in [0.05, 0.1) is 0 Å². The molecular formula is C11H14N2O2. The predicted octanol–water partition coefficient (Wildman–Crippen LogP) is 2.74. The Morgan fingerprint density at radius 2 is 2.00 bits per heavy atom. The standard InChI is InChI=1S/C11H14N2O2/c1-3-13(4-2)10-6-5-9(8-14)11(7-10)12-15/h5-8H,3-4H2,1-2H3. The number of carbonyl (C=O) groups excluding carboxylic acids is 1. The van der Waals surface area contributed by atoms with Crippen LogP contribution in [-0.2, 0) is 0 Å². The lowest BCUT2D eigenvalue weighted by molar-refractivity contribution is 0.112. The van der Waals surface area contributed by atoms with Crippen LogP contribution in [0.3, 0.4) is 0 Å². The van der Waals surface area contributed by atoms with E-state index in [2.05, 4.69) is 10.1 Å². The Morgan fingerprint density at radius 3 is 2.47 bits per heavy atom. The van der Waals surface area contributed by atoms with Gasteiger partial charge in [-0.1, -0.05) is 0 Å². The van der Waals surface area contributed by atoms with Gasteiger partial charge in [-0.2, -0.15) is 0 Å². The number of anilines is 1. The number of hydrogen-bond donors (Lipinski definition) is 0. The van der Waals surface area contributed by atoms with Crippen LogP contribution in [0.2, 0.25) is 0 Å². The molecule has 0 aliphatic carbocycles. The molecule has 0 aliphatic heterocycles. The number of rotatable bonds is 5. The molecule has 0 spiro atoms. The van der Waals surface area contributed by atoms with E-state index in [1.807, 2.05) is 19.9 Å². The van der Waals surface area contributed by atoms with Crippen molar-refractivity contribution in [1.29, 1.82) is 0 Å². The van der Waals surface area contributed by atoms with Gasteiger partial charge < -0.3 is 4.90 Å². The van der Waals surface area contributed by atoms with Crippen molar-refractivity contribution in [3.05, 3.63) is 28.7 Å². The zero-order valence-corrected chi connectivity index (χ0v) is 8.93. The molecule has 0 aliphatic rings. The van der Waals surface area contributed by atoms with E-state index < -0.39 is 0 Å². The average Bonchev–Trinajstić information content (AvgIpc) is 2.30. The Labute approximate surface area is 88.9 Å². The number of aldehydes is 1. The highest BCUT2D eigenvalue weighted by Gasteiger charge is 2.07. The zero-order valence-electron chi connectivity index (χ0n) is 8.93. The Kier molecular flexibility index (Phi) is 3.97. The van der Waals surface area contributed by atoms with E-state index in [4.69, 9.17) is 0 Å². The first-order chi connectivity index (χ1) is 7.26. The van der Waals surface area contributed by atoms with E-state index in [9.17, 15) is 9.70 Å². The fraction of sp³-hybridized carbons (Fsp3) is 0.364. The van der Waals surface area contributed by atoms with Gasteiger partial charge in [0.25, 0.3) is 0 Å². The Balaban J connectivity index is 3.12. The molecule has 1 aromatic rings. The van der Waals surface area contributed by atoms with Gasteiger partial charge in [-0.05, 0) is 37.2 Å². The summed E-state index contributed by atoms with van der Waals surface area (Å²) >= 11 is 0. The van der Waals surface area contributed by atoms with E-state index in [1.165, 1.54) is 0 Å². The van der Waals surface area contributed by atoms with Crippen molar-refractivity contribution in [3.8, 4) is 0 Å². The van der Waals surface area contributed by atoms with Crippen LogP contribution in [0.1, 0.15) is 24.2 Å². The largest absolute Gasteiger partial charge is 0.372 e. The Hall–Kier alpha value is -1.71. The van der Waals surface area contributed by atoms with Crippen molar-refractivity contribution >= 4 is 17.7 Å². The molecule has 4 heteroatoms. The van der Waals surface area contributed by atoms with Crippen molar-refractivity contribution in [2.45, 2.75) is 13.8 Å². The average molecular weight is 206 g/mol. The summed E-state index contributed by atoms with van der Waals surface area (Å²) in [4.78, 5) is 23.2. The summed E-state index contributed by atoms with van der Waals surface area (Å²) in [5, 5.41) is 2.85. The molecule has 0 aromatic heterocycles. The molecule has 1 aromatic carbocycles. The second kappa shape index (κ2) is 5.24. The lowest BCUT2D eigenvalue weighted by Gasteiger charge is -2.21. The fourth-order valence-electron chi connectivity index (χ4n) is 1.50. The van der Waals surface area contributed by atoms with Gasteiger partial charge in [-0.3, -0.25) is 4.79 Å². The molecule has 0 amide bonds. The van der Waals surface area contributed by atoms with Crippen molar-refractivity contribution in [3.63, 3.8) is 0 Å². The molecule has 15 heavy (non-hydrogen) atoms. The highest BCUT2D eigenvalue weighted by atomic mass is 16.3. The normalized spacial score (nSPS) is 9.73. The maximum absolute atomic E-state index is 10.6. The van der Waals surface area contributed by atoms with Crippen LogP contribution in [0.4, 0.5) is 11.4 Å². The number of hydrogen-bond acceptors (Lipinski definition) is 4. The first-order valence-electron chi connectivity index (χ1n) is 4.94. The molecular weight excluding hydrogens is 192 g/mol. The smallest absolute Gasteiger partial charge is 0.152 e. The van der Waals surface area contributed by atoms with E-state index >= 15 is 0 Å². The van der Waals surface area contributed by atoms with Crippen LogP contribution < -0.4 is 4.90 Å². The molecule has 0 atom stereocenters. The van der Waals surface area contributed by atoms with E-state index in [0.29, 0.717) is 11.8 Å². The number of carbonyl (C=O) groups is 1. The summed E-state index contributed by atoms with van der Waals surface area (Å²) in [6.07, 6.45) is 0.642. The molecule has 4 nitrogen and oxygen atoms in total. The highest BCUT2D eigenvalue weighted by molar-refractivity contribution is 5.84. The van der Waals surface area contributed by atoms with Gasteiger partial charge in [-0.15, -0.1) is 4.91 Å². The van der Waals surface area contributed by atoms with Crippen molar-refractivity contribution in [2.75, 3.05) is 18.0 Å². The number of benzene rings is 1. The third-order valence-corrected chi connectivity index (χ3v) is 2.37. The predicted molar refractivity (Wildman–Crippen MR) is 60.8 cm³/mol. The first-order valence-corrected chi connectivity index (χ1v) is 4.94. The van der Waals surface area contributed by atoms with Gasteiger partial charge in [0.15, 0.2) is 6.29 Å². The van der Waals surface area contributed by atoms with Gasteiger partial charge in [-0.25, -0.2) is 0 Å². The summed E-state index contributed by atoms with van der Waals surface area (Å²) in [5.74, 6) is 0. The van der Waals surface area contributed by atoms with E-state index in [1.54, 1.807) is 12.1 Å². The first kappa shape index (κ1) is 11.4. The van der Waals surface area contributed by atoms with Crippen molar-refractivity contribution < 1.29 is 4.79 Å². The molecule has 0 unspecified atom stereocenters. The monoisotopic (exact) mass is 206 g/mol. The van der Waals surface area contributed by atoms with Crippen LogP contribution in [-0.4, -0.2) is 19.4 Å². The van der Waals surface area contributed by atoms with Gasteiger partial charge in [0.1, 0.15) is 5.69 Å². The minimum Gasteiger partial charge on any atom is -0.372 e. The molecule has 0 bridgehead atoms. The Bertz CT molecular complexity index is 360. The minimum atomic E-state index is 0.203. The number of nitroso groups, excluding NO2 is 1. The maximum atomic E-state index is 10.6. The highest BCUT2D eigenvalue weighted by Crippen LogP contribution is 2.24. The third kappa shape index (κ3) is 2.40. The van der Waals surface area contributed by atoms with E-state index in [-0.39, 0.29) is 5.69 Å². The van der Waals surface area contributed by atoms with Crippen LogP contribution in [0.25, 0.3) is 0 Å². The summed E-state index contributed by atoms with van der Waals surface area (Å²) < 4.78 is 0. The van der Waals surface area contributed by atoms with Gasteiger partial charge in [0.2, 0.25) is 0 Å². The molecule has 0 N–H and O–H groups in total. The third-order valence-electron chi connectivity index (χ3n) is 2.37. The topological polar surface area (TPSA) is 49.7 Å². The second-order valence-corrected chi connectivity index (χ2v) is 3.12. The Morgan fingerprint density at radius 1 is 1.33 bits per heavy atom. The van der Waals surface area contributed by atoms with Crippen molar-refractivity contribution in [1.82, 2.24) is 0 Å². The fourth-order valence-corrected chi connectivity index (χ4v) is 1.50. The van der Waals surface area contributed by atoms with Crippen molar-refractivity contribution in [2.24, 2.45) is 5.18 Å². The van der Waals surface area contributed by atoms with Crippen LogP contribution in [0, 0.1) is 4.91 Å². The molecule has 1 rings (SSSR count). The zero-order chi connectivity index (χ0) is 11.3. The molecule has 0 heterocycles. The van der Waals surface area contributed by atoms with Gasteiger partial charge in [0, 0.05) is 24.3 Å². The lowest BCUT2D eigenvalue weighted by Crippen LogP contribution is -2.21. The molecule has 80 valence electrons. The summed E-state index contributed by atoms with van der Waals surface area (Å²) in [5.41, 5.74) is 1.45. The molecule has 0 saturated carbocycles. The van der Waals surface area contributed by atoms with Crippen LogP contribution in [0.15, 0.2) is 23.4 Å². The van der Waals surface area contributed by atoms with Gasteiger partial charge >= 0.3 is 0 Å². The molecule has 0 radical (unpaired) electrons. The molecule has 0 fully saturated rings. The molecule has 0 saturated heterocycles. The SMILES string of the molecule is CCN(CC)c1ccc(C=O)c(N=O)c1. The minimum absolute atomic E-state index is 0.203. The lowest BCUT2D eigenvalue weighted by atomic mass is 10.1. The summed E-state index contributed by atoms with van der Waals surface area (Å²) in [6, 6.07) is 5.09.